The minimum atomic E-state index is -4.41. The minimum Gasteiger partial charge on any atom is -0.726 e. The molecule has 0 saturated carbocycles. The van der Waals surface area contributed by atoms with Crippen LogP contribution in [0.2, 0.25) is 0 Å². The SMILES string of the molecule is COS(=O)(=O)[O-].Cn1nc[n+](C)c1N=Nc1c(-c2ccccc2)n(C)c2ccccc12. The predicted octanol–water partition coefficient (Wildman–Crippen LogP) is 2.91. The summed E-state index contributed by atoms with van der Waals surface area (Å²) >= 11 is 0. The Morgan fingerprint density at radius 2 is 1.65 bits per heavy atom. The van der Waals surface area contributed by atoms with Gasteiger partial charge in [0.2, 0.25) is 16.7 Å². The van der Waals surface area contributed by atoms with Crippen molar-refractivity contribution in [1.29, 1.82) is 0 Å². The number of para-hydroxylation sites is 1. The molecule has 162 valence electrons. The Hall–Kier alpha value is -3.41. The summed E-state index contributed by atoms with van der Waals surface area (Å²) in [4.78, 5) is 0. The van der Waals surface area contributed by atoms with E-state index in [9.17, 15) is 13.0 Å². The zero-order valence-electron chi connectivity index (χ0n) is 17.5. The number of aromatic nitrogens is 4. The van der Waals surface area contributed by atoms with Gasteiger partial charge in [-0.3, -0.25) is 4.18 Å². The van der Waals surface area contributed by atoms with Crippen LogP contribution in [-0.2, 0) is 35.7 Å². The first kappa shape index (κ1) is 22.3. The van der Waals surface area contributed by atoms with E-state index in [4.69, 9.17) is 0 Å². The maximum absolute atomic E-state index is 9.22. The van der Waals surface area contributed by atoms with Gasteiger partial charge in [0.05, 0.1) is 32.4 Å². The summed E-state index contributed by atoms with van der Waals surface area (Å²) in [5.74, 6) is 0.687. The number of rotatable bonds is 4. The van der Waals surface area contributed by atoms with Crippen molar-refractivity contribution in [2.24, 2.45) is 31.4 Å². The fraction of sp³-hybridized carbons (Fsp3) is 0.200. The minimum absolute atomic E-state index is 0.687. The third-order valence-electron chi connectivity index (χ3n) is 4.57. The molecular weight excluding hydrogens is 420 g/mol. The second-order valence-electron chi connectivity index (χ2n) is 6.58. The Balaban J connectivity index is 0.000000401. The number of hydrogen-bond donors (Lipinski definition) is 0. The fourth-order valence-electron chi connectivity index (χ4n) is 3.12. The standard InChI is InChI=1S/C19H19N6.CH4O4S/c1-23-13-20-25(3)19(23)22-21-17-15-11-7-8-12-16(15)24(2)18(17)14-9-5-4-6-10-14;1-5-6(2,3)4/h4-13H,1-3H3;1H3,(H,2,3,4)/q+1;/p-1. The van der Waals surface area contributed by atoms with Crippen LogP contribution in [0.4, 0.5) is 11.6 Å². The lowest BCUT2D eigenvalue weighted by Gasteiger charge is -2.04. The summed E-state index contributed by atoms with van der Waals surface area (Å²) in [5.41, 5.74) is 4.16. The van der Waals surface area contributed by atoms with E-state index in [0.717, 1.165) is 35.0 Å². The highest BCUT2D eigenvalue weighted by atomic mass is 32.3. The van der Waals surface area contributed by atoms with Gasteiger partial charge in [0.15, 0.2) is 0 Å². The lowest BCUT2D eigenvalue weighted by molar-refractivity contribution is -0.659. The molecule has 2 heterocycles. The molecule has 2 aromatic carbocycles. The smallest absolute Gasteiger partial charge is 0.403 e. The molecule has 0 N–H and O–H groups in total. The Labute approximate surface area is 180 Å². The van der Waals surface area contributed by atoms with Crippen molar-refractivity contribution in [3.8, 4) is 11.3 Å². The van der Waals surface area contributed by atoms with Crippen LogP contribution in [0, 0.1) is 0 Å². The quantitative estimate of drug-likeness (QED) is 0.208. The van der Waals surface area contributed by atoms with Crippen molar-refractivity contribution in [2.75, 3.05) is 7.11 Å². The van der Waals surface area contributed by atoms with Gasteiger partial charge in [0.25, 0.3) is 0 Å². The first-order chi connectivity index (χ1) is 14.7. The van der Waals surface area contributed by atoms with Gasteiger partial charge in [-0.15, -0.1) is 4.68 Å². The van der Waals surface area contributed by atoms with E-state index in [1.54, 1.807) is 11.0 Å². The molecule has 0 aliphatic heterocycles. The second-order valence-corrected chi connectivity index (χ2v) is 7.73. The molecule has 10 nitrogen and oxygen atoms in total. The number of hydrogen-bond acceptors (Lipinski definition) is 7. The van der Waals surface area contributed by atoms with Crippen molar-refractivity contribution >= 4 is 32.9 Å². The summed E-state index contributed by atoms with van der Waals surface area (Å²) in [6.45, 7) is 0. The first-order valence-electron chi connectivity index (χ1n) is 9.16. The van der Waals surface area contributed by atoms with Crippen molar-refractivity contribution in [2.45, 2.75) is 0 Å². The highest BCUT2D eigenvalue weighted by molar-refractivity contribution is 7.80. The number of nitrogens with zero attached hydrogens (tertiary/aromatic N) is 6. The predicted molar refractivity (Wildman–Crippen MR) is 114 cm³/mol. The molecular formula is C20H22N6O4S. The maximum atomic E-state index is 9.22. The van der Waals surface area contributed by atoms with Gasteiger partial charge in [-0.05, 0) is 11.2 Å². The van der Waals surface area contributed by atoms with Crippen LogP contribution >= 0.6 is 0 Å². The summed E-state index contributed by atoms with van der Waals surface area (Å²) < 4.78 is 36.7. The van der Waals surface area contributed by atoms with Gasteiger partial charge >= 0.3 is 5.95 Å². The van der Waals surface area contributed by atoms with Crippen molar-refractivity contribution in [3.63, 3.8) is 0 Å². The summed E-state index contributed by atoms with van der Waals surface area (Å²) in [6, 6.07) is 18.5. The molecule has 0 radical (unpaired) electrons. The van der Waals surface area contributed by atoms with Crippen LogP contribution in [0.5, 0.6) is 0 Å². The van der Waals surface area contributed by atoms with Gasteiger partial charge in [0, 0.05) is 23.1 Å². The first-order valence-corrected chi connectivity index (χ1v) is 10.5. The topological polar surface area (TPSA) is 118 Å². The average Bonchev–Trinajstić information content (AvgIpc) is 3.23. The number of aryl methyl sites for hydroxylation is 3. The Morgan fingerprint density at radius 3 is 2.23 bits per heavy atom. The Morgan fingerprint density at radius 1 is 1.03 bits per heavy atom. The Kier molecular flexibility index (Phi) is 6.59. The van der Waals surface area contributed by atoms with E-state index >= 15 is 0 Å². The molecule has 0 aliphatic rings. The zero-order chi connectivity index (χ0) is 22.6. The lowest BCUT2D eigenvalue weighted by Crippen LogP contribution is -2.25. The van der Waals surface area contributed by atoms with Crippen LogP contribution < -0.4 is 4.57 Å². The number of benzene rings is 2. The number of fused-ring (bicyclic) bond motifs is 1. The van der Waals surface area contributed by atoms with E-state index in [0.29, 0.717) is 5.95 Å². The molecule has 0 fully saturated rings. The molecule has 0 unspecified atom stereocenters. The molecule has 31 heavy (non-hydrogen) atoms. The molecule has 0 saturated heterocycles. The van der Waals surface area contributed by atoms with E-state index in [2.05, 4.69) is 55.4 Å². The molecule has 4 rings (SSSR count). The summed E-state index contributed by atoms with van der Waals surface area (Å²) in [7, 11) is 2.22. The summed E-state index contributed by atoms with van der Waals surface area (Å²) in [6.07, 6.45) is 1.72. The molecule has 0 spiro atoms. The van der Waals surface area contributed by atoms with Gasteiger partial charge in [-0.1, -0.05) is 53.6 Å². The van der Waals surface area contributed by atoms with Crippen LogP contribution in [0.1, 0.15) is 0 Å². The average molecular weight is 443 g/mol. The van der Waals surface area contributed by atoms with E-state index < -0.39 is 10.4 Å². The largest absolute Gasteiger partial charge is 0.726 e. The number of azo groups is 1. The lowest BCUT2D eigenvalue weighted by atomic mass is 10.1. The van der Waals surface area contributed by atoms with Crippen LogP contribution in [0.15, 0.2) is 71.2 Å². The van der Waals surface area contributed by atoms with Crippen LogP contribution in [0.25, 0.3) is 22.2 Å². The van der Waals surface area contributed by atoms with Gasteiger partial charge < -0.3 is 9.12 Å². The maximum Gasteiger partial charge on any atom is 0.403 e. The molecule has 2 aromatic heterocycles. The van der Waals surface area contributed by atoms with E-state index in [1.165, 1.54) is 0 Å². The fourth-order valence-corrected chi connectivity index (χ4v) is 3.12. The molecule has 4 aromatic rings. The molecule has 0 bridgehead atoms. The van der Waals surface area contributed by atoms with E-state index in [-0.39, 0.29) is 0 Å². The second kappa shape index (κ2) is 9.16. The monoisotopic (exact) mass is 442 g/mol. The van der Waals surface area contributed by atoms with E-state index in [1.807, 2.05) is 49.0 Å². The van der Waals surface area contributed by atoms with Gasteiger partial charge in [-0.25, -0.2) is 13.0 Å². The molecule has 0 atom stereocenters. The third kappa shape index (κ3) is 5.02. The highest BCUT2D eigenvalue weighted by Crippen LogP contribution is 2.39. The van der Waals surface area contributed by atoms with Crippen LogP contribution in [-0.4, -0.2) is 34.4 Å². The van der Waals surface area contributed by atoms with Crippen LogP contribution in [0.3, 0.4) is 0 Å². The van der Waals surface area contributed by atoms with Gasteiger partial charge in [0.1, 0.15) is 5.69 Å². The third-order valence-corrected chi connectivity index (χ3v) is 4.98. The summed E-state index contributed by atoms with van der Waals surface area (Å²) in [5, 5.41) is 14.4. The molecule has 0 aliphatic carbocycles. The van der Waals surface area contributed by atoms with Gasteiger partial charge in [-0.2, -0.15) is 0 Å². The van der Waals surface area contributed by atoms with Crippen molar-refractivity contribution in [3.05, 3.63) is 60.9 Å². The zero-order valence-corrected chi connectivity index (χ0v) is 18.3. The highest BCUT2D eigenvalue weighted by Gasteiger charge is 2.18. The molecule has 11 heteroatoms. The molecule has 0 amide bonds. The van der Waals surface area contributed by atoms with Crippen molar-refractivity contribution in [1.82, 2.24) is 14.3 Å². The normalized spacial score (nSPS) is 11.6. The van der Waals surface area contributed by atoms with Crippen molar-refractivity contribution < 1.29 is 21.7 Å². The Bertz CT molecular complexity index is 1310.